The highest BCUT2D eigenvalue weighted by Crippen LogP contribution is 2.27. The number of rotatable bonds is 5. The molecule has 0 heterocycles. The molecule has 72 valence electrons. The highest BCUT2D eigenvalue weighted by atomic mass is 32.1. The van der Waals surface area contributed by atoms with Crippen LogP contribution in [0.4, 0.5) is 0 Å². The first-order valence-corrected chi connectivity index (χ1v) is 5.20. The molecule has 0 spiro atoms. The zero-order valence-corrected chi connectivity index (χ0v) is 8.46. The first-order valence-electron chi connectivity index (χ1n) is 4.57. The average Bonchev–Trinajstić information content (AvgIpc) is 2.89. The Morgan fingerprint density at radius 3 is 2.77 bits per heavy atom. The van der Waals surface area contributed by atoms with E-state index in [2.05, 4.69) is 18.7 Å². The predicted molar refractivity (Wildman–Crippen MR) is 53.4 cm³/mol. The van der Waals surface area contributed by atoms with Crippen molar-refractivity contribution in [2.24, 2.45) is 0 Å². The summed E-state index contributed by atoms with van der Waals surface area (Å²) in [6, 6.07) is 2.48. The number of nitriles is 1. The lowest BCUT2D eigenvalue weighted by Gasteiger charge is -2.20. The molecule has 0 aliphatic heterocycles. The van der Waals surface area contributed by atoms with Crippen LogP contribution in [0.15, 0.2) is 0 Å². The fraction of sp³-hybridized carbons (Fsp3) is 0.778. The molecule has 4 heteroatoms. The minimum Gasteiger partial charge on any atom is -0.339 e. The standard InChI is InChI=1S/C9H14N2OS/c10-5-1-6-11(8-2-3-8)9(12)4-7-13/h8,13H,1-4,6-7H2. The summed E-state index contributed by atoms with van der Waals surface area (Å²) in [5.41, 5.74) is 0. The van der Waals surface area contributed by atoms with Crippen LogP contribution in [-0.2, 0) is 4.79 Å². The molecular weight excluding hydrogens is 184 g/mol. The lowest BCUT2D eigenvalue weighted by molar-refractivity contribution is -0.131. The maximum absolute atomic E-state index is 11.5. The second-order valence-electron chi connectivity index (χ2n) is 3.20. The molecule has 1 aliphatic carbocycles. The third-order valence-electron chi connectivity index (χ3n) is 2.10. The highest BCUT2D eigenvalue weighted by molar-refractivity contribution is 7.80. The first kappa shape index (κ1) is 10.4. The van der Waals surface area contributed by atoms with Crippen LogP contribution in [0.2, 0.25) is 0 Å². The molecule has 0 atom stereocenters. The van der Waals surface area contributed by atoms with Crippen LogP contribution in [0.5, 0.6) is 0 Å². The van der Waals surface area contributed by atoms with Crippen molar-refractivity contribution in [1.82, 2.24) is 4.90 Å². The van der Waals surface area contributed by atoms with E-state index in [0.29, 0.717) is 31.2 Å². The van der Waals surface area contributed by atoms with Crippen molar-refractivity contribution in [3.8, 4) is 6.07 Å². The molecule has 0 aromatic rings. The molecule has 1 amide bonds. The van der Waals surface area contributed by atoms with Crippen LogP contribution < -0.4 is 0 Å². The third-order valence-corrected chi connectivity index (χ3v) is 2.32. The monoisotopic (exact) mass is 198 g/mol. The SMILES string of the molecule is N#CCCN(C(=O)CCS)C1CC1. The molecule has 13 heavy (non-hydrogen) atoms. The predicted octanol–water partition coefficient (Wildman–Crippen LogP) is 1.21. The van der Waals surface area contributed by atoms with Gasteiger partial charge in [0.2, 0.25) is 5.91 Å². The van der Waals surface area contributed by atoms with Crippen LogP contribution in [0, 0.1) is 11.3 Å². The fourth-order valence-electron chi connectivity index (χ4n) is 1.31. The first-order chi connectivity index (χ1) is 6.29. The molecule has 1 aliphatic rings. The number of nitrogens with zero attached hydrogens (tertiary/aromatic N) is 2. The number of amides is 1. The normalized spacial score (nSPS) is 15.1. The van der Waals surface area contributed by atoms with Gasteiger partial charge in [-0.2, -0.15) is 17.9 Å². The maximum atomic E-state index is 11.5. The van der Waals surface area contributed by atoms with E-state index in [1.807, 2.05) is 4.90 Å². The quantitative estimate of drug-likeness (QED) is 0.675. The molecule has 0 radical (unpaired) electrons. The van der Waals surface area contributed by atoms with Crippen LogP contribution in [0.1, 0.15) is 25.7 Å². The molecule has 0 N–H and O–H groups in total. The number of carbonyl (C=O) groups is 1. The topological polar surface area (TPSA) is 44.1 Å². The Hall–Kier alpha value is -0.690. The minimum atomic E-state index is 0.146. The second-order valence-corrected chi connectivity index (χ2v) is 3.65. The Morgan fingerprint density at radius 1 is 1.62 bits per heavy atom. The van der Waals surface area contributed by atoms with Gasteiger partial charge in [0.1, 0.15) is 0 Å². The Balaban J connectivity index is 2.37. The average molecular weight is 198 g/mol. The summed E-state index contributed by atoms with van der Waals surface area (Å²) in [7, 11) is 0. The number of thiol groups is 1. The van der Waals surface area contributed by atoms with Crippen molar-refractivity contribution in [3.63, 3.8) is 0 Å². The van der Waals surface area contributed by atoms with Gasteiger partial charge >= 0.3 is 0 Å². The summed E-state index contributed by atoms with van der Waals surface area (Å²) in [6.07, 6.45) is 3.13. The fourth-order valence-corrected chi connectivity index (χ4v) is 1.50. The van der Waals surface area contributed by atoms with Gasteiger partial charge < -0.3 is 4.90 Å². The van der Waals surface area contributed by atoms with Crippen molar-refractivity contribution >= 4 is 18.5 Å². The molecule has 1 saturated carbocycles. The number of carbonyl (C=O) groups excluding carboxylic acids is 1. The largest absolute Gasteiger partial charge is 0.339 e. The smallest absolute Gasteiger partial charge is 0.223 e. The summed E-state index contributed by atoms with van der Waals surface area (Å²) in [6.45, 7) is 0.591. The zero-order valence-electron chi connectivity index (χ0n) is 7.57. The summed E-state index contributed by atoms with van der Waals surface area (Å²) in [5, 5.41) is 8.43. The number of hydrogen-bond acceptors (Lipinski definition) is 3. The van der Waals surface area contributed by atoms with E-state index in [9.17, 15) is 4.79 Å². The number of hydrogen-bond donors (Lipinski definition) is 1. The molecule has 1 fully saturated rings. The van der Waals surface area contributed by atoms with Crippen molar-refractivity contribution in [2.45, 2.75) is 31.7 Å². The summed E-state index contributed by atoms with van der Waals surface area (Å²) in [5.74, 6) is 0.738. The van der Waals surface area contributed by atoms with Crippen molar-refractivity contribution in [1.29, 1.82) is 5.26 Å². The van der Waals surface area contributed by atoms with E-state index in [1.165, 1.54) is 0 Å². The zero-order chi connectivity index (χ0) is 9.68. The van der Waals surface area contributed by atoms with Gasteiger partial charge in [0.05, 0.1) is 12.5 Å². The van der Waals surface area contributed by atoms with Crippen molar-refractivity contribution in [3.05, 3.63) is 0 Å². The second kappa shape index (κ2) is 5.13. The molecule has 0 unspecified atom stereocenters. The minimum absolute atomic E-state index is 0.146. The van der Waals surface area contributed by atoms with Crippen LogP contribution in [0.3, 0.4) is 0 Å². The third kappa shape index (κ3) is 3.27. The van der Waals surface area contributed by atoms with Crippen LogP contribution >= 0.6 is 12.6 Å². The molecule has 0 aromatic carbocycles. The van der Waals surface area contributed by atoms with E-state index < -0.39 is 0 Å². The Bertz CT molecular complexity index is 220. The van der Waals surface area contributed by atoms with Crippen molar-refractivity contribution in [2.75, 3.05) is 12.3 Å². The van der Waals surface area contributed by atoms with Gasteiger partial charge in [-0.1, -0.05) is 0 Å². The van der Waals surface area contributed by atoms with Gasteiger partial charge in [0.25, 0.3) is 0 Å². The van der Waals surface area contributed by atoms with Gasteiger partial charge in [-0.05, 0) is 18.6 Å². The van der Waals surface area contributed by atoms with E-state index in [4.69, 9.17) is 5.26 Å². The summed E-state index contributed by atoms with van der Waals surface area (Å²) >= 11 is 4.02. The van der Waals surface area contributed by atoms with Crippen LogP contribution in [0.25, 0.3) is 0 Å². The Morgan fingerprint density at radius 2 is 2.31 bits per heavy atom. The Kier molecular flexibility index (Phi) is 4.10. The molecule has 0 bridgehead atoms. The van der Waals surface area contributed by atoms with Gasteiger partial charge in [-0.3, -0.25) is 4.79 Å². The van der Waals surface area contributed by atoms with Crippen LogP contribution in [-0.4, -0.2) is 29.1 Å². The van der Waals surface area contributed by atoms with E-state index in [0.717, 1.165) is 12.8 Å². The lowest BCUT2D eigenvalue weighted by Crippen LogP contribution is -2.33. The van der Waals surface area contributed by atoms with E-state index in [-0.39, 0.29) is 5.91 Å². The molecule has 3 nitrogen and oxygen atoms in total. The Labute approximate surface area is 84.1 Å². The van der Waals surface area contributed by atoms with Gasteiger partial charge in [0, 0.05) is 19.0 Å². The molecular formula is C9H14N2OS. The maximum Gasteiger partial charge on any atom is 0.223 e. The van der Waals surface area contributed by atoms with Crippen molar-refractivity contribution < 1.29 is 4.79 Å². The van der Waals surface area contributed by atoms with Gasteiger partial charge in [0.15, 0.2) is 0 Å². The summed E-state index contributed by atoms with van der Waals surface area (Å²) < 4.78 is 0. The van der Waals surface area contributed by atoms with E-state index >= 15 is 0 Å². The van der Waals surface area contributed by atoms with Gasteiger partial charge in [-0.15, -0.1) is 0 Å². The molecule has 0 aromatic heterocycles. The summed E-state index contributed by atoms with van der Waals surface area (Å²) in [4.78, 5) is 13.3. The molecule has 1 rings (SSSR count). The van der Waals surface area contributed by atoms with Gasteiger partial charge in [-0.25, -0.2) is 0 Å². The molecule has 0 saturated heterocycles. The van der Waals surface area contributed by atoms with E-state index in [1.54, 1.807) is 0 Å². The highest BCUT2D eigenvalue weighted by Gasteiger charge is 2.31. The lowest BCUT2D eigenvalue weighted by atomic mass is 10.3.